The van der Waals surface area contributed by atoms with Crippen LogP contribution in [-0.4, -0.2) is 48.6 Å². The molecule has 2 amide bonds. The van der Waals surface area contributed by atoms with E-state index in [4.69, 9.17) is 0 Å². The Morgan fingerprint density at radius 2 is 2.41 bits per heavy atom. The summed E-state index contributed by atoms with van der Waals surface area (Å²) in [7, 11) is 0. The summed E-state index contributed by atoms with van der Waals surface area (Å²) in [6.07, 6.45) is 6.17. The van der Waals surface area contributed by atoms with Crippen molar-refractivity contribution in [3.63, 3.8) is 0 Å². The Kier molecular flexibility index (Phi) is 4.62. The Balaban J connectivity index is 1.48. The summed E-state index contributed by atoms with van der Waals surface area (Å²) in [5.74, 6) is 0. The van der Waals surface area contributed by atoms with Crippen molar-refractivity contribution in [2.45, 2.75) is 32.6 Å². The molecular weight excluding hydrogens is 276 g/mol. The molecule has 22 heavy (non-hydrogen) atoms. The second-order valence-electron chi connectivity index (χ2n) is 6.70. The predicted molar refractivity (Wildman–Crippen MR) is 86.8 cm³/mol. The minimum absolute atomic E-state index is 0.0829. The zero-order chi connectivity index (χ0) is 15.4. The molecular formula is C17H26N4O. The third-order valence-corrected chi connectivity index (χ3v) is 5.04. The van der Waals surface area contributed by atoms with Crippen molar-refractivity contribution >= 4 is 6.03 Å². The van der Waals surface area contributed by atoms with Crippen LogP contribution in [0.5, 0.6) is 0 Å². The first kappa shape index (κ1) is 15.3. The van der Waals surface area contributed by atoms with Crippen molar-refractivity contribution in [2.24, 2.45) is 5.41 Å². The van der Waals surface area contributed by atoms with E-state index >= 15 is 0 Å². The lowest BCUT2D eigenvalue weighted by atomic mass is 9.79. The lowest BCUT2D eigenvalue weighted by Gasteiger charge is -2.39. The third kappa shape index (κ3) is 3.40. The van der Waals surface area contributed by atoms with Crippen LogP contribution in [-0.2, 0) is 6.42 Å². The van der Waals surface area contributed by atoms with Crippen molar-refractivity contribution in [2.75, 3.05) is 32.7 Å². The fraction of sp³-hybridized carbons (Fsp3) is 0.647. The molecule has 0 aromatic carbocycles. The first-order chi connectivity index (χ1) is 10.7. The zero-order valence-electron chi connectivity index (χ0n) is 13.4. The summed E-state index contributed by atoms with van der Waals surface area (Å²) in [6, 6.07) is 4.09. The van der Waals surface area contributed by atoms with Crippen molar-refractivity contribution in [3.05, 3.63) is 29.6 Å². The molecule has 120 valence electrons. The number of aromatic nitrogens is 1. The van der Waals surface area contributed by atoms with E-state index in [0.29, 0.717) is 12.0 Å². The maximum atomic E-state index is 12.4. The zero-order valence-corrected chi connectivity index (χ0v) is 13.4. The van der Waals surface area contributed by atoms with E-state index in [1.807, 2.05) is 17.2 Å². The van der Waals surface area contributed by atoms with E-state index in [9.17, 15) is 4.79 Å². The molecule has 1 spiro atoms. The van der Waals surface area contributed by atoms with Gasteiger partial charge in [0.05, 0.1) is 0 Å². The van der Waals surface area contributed by atoms with Gasteiger partial charge in [0.15, 0.2) is 0 Å². The molecule has 0 saturated carbocycles. The maximum absolute atomic E-state index is 12.4. The van der Waals surface area contributed by atoms with Gasteiger partial charge in [-0.3, -0.25) is 4.98 Å². The Hall–Kier alpha value is -1.62. The van der Waals surface area contributed by atoms with Crippen molar-refractivity contribution in [3.8, 4) is 0 Å². The number of hydrogen-bond acceptors (Lipinski definition) is 3. The van der Waals surface area contributed by atoms with Crippen LogP contribution in [0.1, 0.15) is 30.5 Å². The second-order valence-corrected chi connectivity index (χ2v) is 6.70. The molecule has 0 unspecified atom stereocenters. The molecule has 2 fully saturated rings. The van der Waals surface area contributed by atoms with Gasteiger partial charge in [0, 0.05) is 49.9 Å². The van der Waals surface area contributed by atoms with Gasteiger partial charge in [0.2, 0.25) is 0 Å². The Labute approximate surface area is 132 Å². The molecule has 2 saturated heterocycles. The summed E-state index contributed by atoms with van der Waals surface area (Å²) < 4.78 is 0. The van der Waals surface area contributed by atoms with E-state index in [1.54, 1.807) is 0 Å². The number of carbonyl (C=O) groups excluding carboxylic acids is 1. The van der Waals surface area contributed by atoms with Gasteiger partial charge in [-0.25, -0.2) is 4.79 Å². The highest BCUT2D eigenvalue weighted by Gasteiger charge is 2.39. The summed E-state index contributed by atoms with van der Waals surface area (Å²) >= 11 is 0. The smallest absolute Gasteiger partial charge is 0.317 e. The highest BCUT2D eigenvalue weighted by molar-refractivity contribution is 5.74. The summed E-state index contributed by atoms with van der Waals surface area (Å²) in [4.78, 5) is 18.8. The number of aryl methyl sites for hydroxylation is 1. The Morgan fingerprint density at radius 3 is 3.18 bits per heavy atom. The van der Waals surface area contributed by atoms with Crippen LogP contribution >= 0.6 is 0 Å². The average molecular weight is 302 g/mol. The third-order valence-electron chi connectivity index (χ3n) is 5.04. The SMILES string of the molecule is Cc1cccnc1CCNC(=O)N1CCC[C@]2(CCNC2)C1. The topological polar surface area (TPSA) is 57.3 Å². The molecule has 0 radical (unpaired) electrons. The van der Waals surface area contributed by atoms with Crippen LogP contribution in [0, 0.1) is 12.3 Å². The molecule has 3 rings (SSSR count). The van der Waals surface area contributed by atoms with Crippen LogP contribution in [0.25, 0.3) is 0 Å². The molecule has 3 heterocycles. The van der Waals surface area contributed by atoms with Gasteiger partial charge in [-0.15, -0.1) is 0 Å². The second kappa shape index (κ2) is 6.65. The molecule has 2 aliphatic rings. The van der Waals surface area contributed by atoms with Crippen LogP contribution in [0.15, 0.2) is 18.3 Å². The summed E-state index contributed by atoms with van der Waals surface area (Å²) in [6.45, 7) is 6.65. The van der Waals surface area contributed by atoms with Gasteiger partial charge in [-0.05, 0) is 44.4 Å². The summed E-state index contributed by atoms with van der Waals surface area (Å²) in [5, 5.41) is 6.51. The van der Waals surface area contributed by atoms with E-state index < -0.39 is 0 Å². The number of nitrogens with zero attached hydrogens (tertiary/aromatic N) is 2. The summed E-state index contributed by atoms with van der Waals surface area (Å²) in [5.41, 5.74) is 2.58. The first-order valence-corrected chi connectivity index (χ1v) is 8.33. The normalized spacial score (nSPS) is 24.7. The fourth-order valence-corrected chi connectivity index (χ4v) is 3.70. The fourth-order valence-electron chi connectivity index (χ4n) is 3.70. The average Bonchev–Trinajstić information content (AvgIpc) is 2.97. The van der Waals surface area contributed by atoms with E-state index in [0.717, 1.165) is 44.7 Å². The lowest BCUT2D eigenvalue weighted by molar-refractivity contribution is 0.118. The standard InChI is InChI=1S/C17H26N4O/c1-14-4-2-8-19-15(14)5-9-20-16(22)21-11-3-6-17(13-21)7-10-18-12-17/h2,4,8,18H,3,5-7,9-13H2,1H3,(H,20,22)/t17-/m1/s1. The molecule has 0 aliphatic carbocycles. The van der Waals surface area contributed by atoms with Gasteiger partial charge < -0.3 is 15.5 Å². The highest BCUT2D eigenvalue weighted by Crippen LogP contribution is 2.35. The number of carbonyl (C=O) groups is 1. The first-order valence-electron chi connectivity index (χ1n) is 8.33. The minimum Gasteiger partial charge on any atom is -0.338 e. The van der Waals surface area contributed by atoms with Crippen LogP contribution in [0.2, 0.25) is 0 Å². The Morgan fingerprint density at radius 1 is 1.50 bits per heavy atom. The number of hydrogen-bond donors (Lipinski definition) is 2. The highest BCUT2D eigenvalue weighted by atomic mass is 16.2. The maximum Gasteiger partial charge on any atom is 0.317 e. The van der Waals surface area contributed by atoms with Crippen molar-refractivity contribution < 1.29 is 4.79 Å². The molecule has 2 N–H and O–H groups in total. The van der Waals surface area contributed by atoms with Crippen LogP contribution in [0.3, 0.4) is 0 Å². The van der Waals surface area contributed by atoms with Gasteiger partial charge in [-0.2, -0.15) is 0 Å². The monoisotopic (exact) mass is 302 g/mol. The number of piperidine rings is 1. The van der Waals surface area contributed by atoms with Crippen LogP contribution in [0.4, 0.5) is 4.79 Å². The van der Waals surface area contributed by atoms with Crippen molar-refractivity contribution in [1.82, 2.24) is 20.5 Å². The molecule has 1 aromatic heterocycles. The predicted octanol–water partition coefficient (Wildman–Crippen LogP) is 1.72. The molecule has 1 aromatic rings. The van der Waals surface area contributed by atoms with E-state index in [2.05, 4.69) is 28.6 Å². The minimum atomic E-state index is 0.0829. The number of likely N-dealkylation sites (tertiary alicyclic amines) is 1. The number of nitrogens with one attached hydrogen (secondary N) is 2. The van der Waals surface area contributed by atoms with E-state index in [1.165, 1.54) is 18.4 Å². The molecule has 2 aliphatic heterocycles. The number of pyridine rings is 1. The quantitative estimate of drug-likeness (QED) is 0.894. The van der Waals surface area contributed by atoms with Crippen LogP contribution < -0.4 is 10.6 Å². The lowest BCUT2D eigenvalue weighted by Crippen LogP contribution is -2.50. The molecule has 0 bridgehead atoms. The molecule has 5 nitrogen and oxygen atoms in total. The Bertz CT molecular complexity index is 525. The van der Waals surface area contributed by atoms with Gasteiger partial charge in [0.1, 0.15) is 0 Å². The molecule has 5 heteroatoms. The number of amides is 2. The number of rotatable bonds is 3. The largest absolute Gasteiger partial charge is 0.338 e. The van der Waals surface area contributed by atoms with Gasteiger partial charge >= 0.3 is 6.03 Å². The number of urea groups is 1. The van der Waals surface area contributed by atoms with E-state index in [-0.39, 0.29) is 6.03 Å². The van der Waals surface area contributed by atoms with Gasteiger partial charge in [-0.1, -0.05) is 6.07 Å². The molecule has 1 atom stereocenters. The van der Waals surface area contributed by atoms with Crippen molar-refractivity contribution in [1.29, 1.82) is 0 Å². The van der Waals surface area contributed by atoms with Gasteiger partial charge in [0.25, 0.3) is 0 Å².